The molecule has 0 bridgehead atoms. The number of hydrogen-bond donors (Lipinski definition) is 0. The summed E-state index contributed by atoms with van der Waals surface area (Å²) < 4.78 is 16.1. The third-order valence-corrected chi connectivity index (χ3v) is 5.15. The molecule has 0 aliphatic carbocycles. The molecule has 5 nitrogen and oxygen atoms in total. The van der Waals surface area contributed by atoms with Crippen LogP contribution in [0, 0.1) is 5.82 Å². The summed E-state index contributed by atoms with van der Waals surface area (Å²) in [5.41, 5.74) is 1.80. The molecular formula is C19H15BrFN3O2. The predicted molar refractivity (Wildman–Crippen MR) is 99.2 cm³/mol. The van der Waals surface area contributed by atoms with Crippen LogP contribution in [-0.2, 0) is 24.3 Å². The van der Waals surface area contributed by atoms with Crippen molar-refractivity contribution < 1.29 is 9.18 Å². The molecule has 0 fully saturated rings. The summed E-state index contributed by atoms with van der Waals surface area (Å²) in [4.78, 5) is 31.1. The summed E-state index contributed by atoms with van der Waals surface area (Å²) in [6, 6.07) is 10.2. The molecule has 0 saturated carbocycles. The van der Waals surface area contributed by atoms with Crippen molar-refractivity contribution in [2.45, 2.75) is 19.5 Å². The normalized spacial score (nSPS) is 13.7. The Morgan fingerprint density at radius 2 is 2.12 bits per heavy atom. The highest BCUT2D eigenvalue weighted by Gasteiger charge is 2.23. The maximum atomic E-state index is 14.0. The van der Waals surface area contributed by atoms with Crippen LogP contribution in [0.3, 0.4) is 0 Å². The van der Waals surface area contributed by atoms with E-state index in [1.807, 2.05) is 12.1 Å². The van der Waals surface area contributed by atoms with Crippen LogP contribution in [0.1, 0.15) is 11.1 Å². The van der Waals surface area contributed by atoms with E-state index in [4.69, 9.17) is 0 Å². The first-order valence-electron chi connectivity index (χ1n) is 8.21. The van der Waals surface area contributed by atoms with Gasteiger partial charge in [0.15, 0.2) is 0 Å². The molecule has 7 heteroatoms. The number of rotatable bonds is 2. The van der Waals surface area contributed by atoms with Crippen molar-refractivity contribution in [1.82, 2.24) is 14.5 Å². The van der Waals surface area contributed by atoms with Crippen LogP contribution in [-0.4, -0.2) is 26.9 Å². The molecule has 1 amide bonds. The topological polar surface area (TPSA) is 55.2 Å². The van der Waals surface area contributed by atoms with Gasteiger partial charge in [-0.2, -0.15) is 0 Å². The number of nitrogens with zero attached hydrogens (tertiary/aromatic N) is 3. The molecule has 132 valence electrons. The molecule has 0 saturated heterocycles. The summed E-state index contributed by atoms with van der Waals surface area (Å²) >= 11 is 3.34. The maximum absolute atomic E-state index is 14.0. The van der Waals surface area contributed by atoms with Gasteiger partial charge in [-0.3, -0.25) is 14.2 Å². The van der Waals surface area contributed by atoms with Crippen LogP contribution in [0.15, 0.2) is 52.0 Å². The third-order valence-electron chi connectivity index (χ3n) is 4.66. The monoisotopic (exact) mass is 415 g/mol. The van der Waals surface area contributed by atoms with Crippen molar-refractivity contribution in [3.05, 3.63) is 74.5 Å². The average Bonchev–Trinajstić information content (AvgIpc) is 2.64. The number of halogens is 2. The van der Waals surface area contributed by atoms with Crippen LogP contribution >= 0.6 is 15.9 Å². The Morgan fingerprint density at radius 3 is 2.96 bits per heavy atom. The lowest BCUT2D eigenvalue weighted by Crippen LogP contribution is -2.40. The molecule has 0 radical (unpaired) electrons. The molecule has 3 aromatic rings. The largest absolute Gasteiger partial charge is 0.336 e. The van der Waals surface area contributed by atoms with Crippen molar-refractivity contribution in [1.29, 1.82) is 0 Å². The summed E-state index contributed by atoms with van der Waals surface area (Å²) in [7, 11) is 0. The third kappa shape index (κ3) is 3.03. The van der Waals surface area contributed by atoms with Crippen LogP contribution in [0.4, 0.5) is 4.39 Å². The standard InChI is InChI=1S/C19H15BrFN3O2/c20-13-4-5-17-14(8-13)19(26)24(11-22-17)10-18(25)23-7-6-12-2-1-3-16(21)15(12)9-23/h1-5,8,11H,6-7,9-10H2. The molecule has 0 atom stereocenters. The highest BCUT2D eigenvalue weighted by Crippen LogP contribution is 2.22. The maximum Gasteiger partial charge on any atom is 0.261 e. The van der Waals surface area contributed by atoms with E-state index in [1.165, 1.54) is 17.0 Å². The first kappa shape index (κ1) is 16.9. The lowest BCUT2D eigenvalue weighted by atomic mass is 9.99. The molecule has 4 rings (SSSR count). The zero-order valence-electron chi connectivity index (χ0n) is 13.8. The summed E-state index contributed by atoms with van der Waals surface area (Å²) in [6.45, 7) is 0.622. The number of amides is 1. The Labute approximate surface area is 157 Å². The molecule has 0 spiro atoms. The van der Waals surface area contributed by atoms with E-state index in [2.05, 4.69) is 20.9 Å². The van der Waals surface area contributed by atoms with Crippen molar-refractivity contribution in [3.63, 3.8) is 0 Å². The lowest BCUT2D eigenvalue weighted by Gasteiger charge is -2.29. The first-order chi connectivity index (χ1) is 12.5. The van der Waals surface area contributed by atoms with Gasteiger partial charge in [-0.15, -0.1) is 0 Å². The molecule has 1 aliphatic heterocycles. The van der Waals surface area contributed by atoms with Gasteiger partial charge in [-0.25, -0.2) is 9.37 Å². The fourth-order valence-corrected chi connectivity index (χ4v) is 3.60. The highest BCUT2D eigenvalue weighted by molar-refractivity contribution is 9.10. The number of benzene rings is 2. The van der Waals surface area contributed by atoms with Gasteiger partial charge in [0.25, 0.3) is 5.56 Å². The average molecular weight is 416 g/mol. The van der Waals surface area contributed by atoms with Gasteiger partial charge in [0.05, 0.1) is 17.2 Å². The molecule has 26 heavy (non-hydrogen) atoms. The quantitative estimate of drug-likeness (QED) is 0.646. The molecule has 2 aromatic carbocycles. The summed E-state index contributed by atoms with van der Waals surface area (Å²) in [5.74, 6) is -0.522. The van der Waals surface area contributed by atoms with Gasteiger partial charge < -0.3 is 4.90 Å². The van der Waals surface area contributed by atoms with Gasteiger partial charge in [0.1, 0.15) is 12.4 Å². The van der Waals surface area contributed by atoms with Crippen molar-refractivity contribution in [2.24, 2.45) is 0 Å². The van der Waals surface area contributed by atoms with Gasteiger partial charge in [-0.1, -0.05) is 28.1 Å². The Kier molecular flexibility index (Phi) is 4.32. The van der Waals surface area contributed by atoms with E-state index < -0.39 is 0 Å². The van der Waals surface area contributed by atoms with Gasteiger partial charge in [0.2, 0.25) is 5.91 Å². The fourth-order valence-electron chi connectivity index (χ4n) is 3.24. The number of fused-ring (bicyclic) bond motifs is 2. The number of carbonyl (C=O) groups is 1. The van der Waals surface area contributed by atoms with Crippen LogP contribution in [0.5, 0.6) is 0 Å². The minimum Gasteiger partial charge on any atom is -0.336 e. The second-order valence-electron chi connectivity index (χ2n) is 6.28. The Morgan fingerprint density at radius 1 is 1.27 bits per heavy atom. The molecule has 1 aromatic heterocycles. The van der Waals surface area contributed by atoms with Gasteiger partial charge in [-0.05, 0) is 36.2 Å². The van der Waals surface area contributed by atoms with E-state index in [0.29, 0.717) is 29.4 Å². The van der Waals surface area contributed by atoms with Gasteiger partial charge in [0, 0.05) is 23.1 Å². The molecule has 1 aliphatic rings. The molecule has 2 heterocycles. The second-order valence-corrected chi connectivity index (χ2v) is 7.20. The van der Waals surface area contributed by atoms with E-state index >= 15 is 0 Å². The summed E-state index contributed by atoms with van der Waals surface area (Å²) in [6.07, 6.45) is 1.99. The van der Waals surface area contributed by atoms with Crippen molar-refractivity contribution >= 4 is 32.7 Å². The number of hydrogen-bond acceptors (Lipinski definition) is 3. The van der Waals surface area contributed by atoms with Crippen molar-refractivity contribution in [3.8, 4) is 0 Å². The minimum absolute atomic E-state index is 0.113. The van der Waals surface area contributed by atoms with E-state index in [0.717, 1.165) is 10.0 Å². The fraction of sp³-hybridized carbons (Fsp3) is 0.211. The van der Waals surface area contributed by atoms with Crippen LogP contribution < -0.4 is 5.56 Å². The Hall–Kier alpha value is -2.54. The van der Waals surface area contributed by atoms with E-state index in [1.54, 1.807) is 23.1 Å². The molecule has 0 N–H and O–H groups in total. The van der Waals surface area contributed by atoms with E-state index in [-0.39, 0.29) is 30.4 Å². The second kappa shape index (κ2) is 6.64. The Balaban J connectivity index is 1.59. The molecular weight excluding hydrogens is 401 g/mol. The zero-order valence-corrected chi connectivity index (χ0v) is 15.4. The Bertz CT molecular complexity index is 1080. The zero-order chi connectivity index (χ0) is 18.3. The van der Waals surface area contributed by atoms with E-state index in [9.17, 15) is 14.0 Å². The van der Waals surface area contributed by atoms with Gasteiger partial charge >= 0.3 is 0 Å². The smallest absolute Gasteiger partial charge is 0.261 e. The predicted octanol–water partition coefficient (Wildman–Crippen LogP) is 2.88. The van der Waals surface area contributed by atoms with Crippen LogP contribution in [0.25, 0.3) is 10.9 Å². The molecule has 0 unspecified atom stereocenters. The SMILES string of the molecule is O=C(Cn1cnc2ccc(Br)cc2c1=O)N1CCc2cccc(F)c2C1. The number of carbonyl (C=O) groups excluding carboxylic acids is 1. The lowest BCUT2D eigenvalue weighted by molar-refractivity contribution is -0.132. The first-order valence-corrected chi connectivity index (χ1v) is 9.01. The van der Waals surface area contributed by atoms with Crippen molar-refractivity contribution in [2.75, 3.05) is 6.54 Å². The minimum atomic E-state index is -0.297. The van der Waals surface area contributed by atoms with Crippen LogP contribution in [0.2, 0.25) is 0 Å². The summed E-state index contributed by atoms with van der Waals surface area (Å²) in [5, 5.41) is 0.449. The highest BCUT2D eigenvalue weighted by atomic mass is 79.9. The number of aromatic nitrogens is 2.